The molecule has 0 radical (unpaired) electrons. The first-order valence-electron chi connectivity index (χ1n) is 11.2. The van der Waals surface area contributed by atoms with Crippen LogP contribution in [0.3, 0.4) is 0 Å². The maximum absolute atomic E-state index is 13.4. The van der Waals surface area contributed by atoms with Crippen LogP contribution in [0.15, 0.2) is 36.4 Å². The Morgan fingerprint density at radius 3 is 2.35 bits per heavy atom. The van der Waals surface area contributed by atoms with Crippen molar-refractivity contribution in [2.24, 2.45) is 17.8 Å². The predicted octanol–water partition coefficient (Wildman–Crippen LogP) is 8.04. The van der Waals surface area contributed by atoms with Crippen molar-refractivity contribution < 1.29 is 4.39 Å². The third kappa shape index (κ3) is 5.69. The molecule has 0 bridgehead atoms. The van der Waals surface area contributed by atoms with Gasteiger partial charge in [-0.2, -0.15) is 0 Å². The van der Waals surface area contributed by atoms with Crippen LogP contribution < -0.4 is 0 Å². The lowest BCUT2D eigenvalue weighted by Gasteiger charge is -2.36. The smallest absolute Gasteiger partial charge is 0.123 e. The zero-order chi connectivity index (χ0) is 18.2. The Balaban J connectivity index is 1.62. The topological polar surface area (TPSA) is 0 Å². The summed E-state index contributed by atoms with van der Waals surface area (Å²) in [5.74, 6) is 3.10. The van der Waals surface area contributed by atoms with Crippen LogP contribution in [-0.2, 0) is 0 Å². The molecule has 2 atom stereocenters. The van der Waals surface area contributed by atoms with E-state index in [4.69, 9.17) is 0 Å². The minimum Gasteiger partial charge on any atom is -0.207 e. The average molecular weight is 357 g/mol. The Morgan fingerprint density at radius 2 is 1.69 bits per heavy atom. The maximum Gasteiger partial charge on any atom is 0.123 e. The fourth-order valence-corrected chi connectivity index (χ4v) is 5.30. The second-order valence-corrected chi connectivity index (χ2v) is 8.82. The molecule has 1 saturated carbocycles. The quantitative estimate of drug-likeness (QED) is 0.326. The minimum absolute atomic E-state index is 0.104. The van der Waals surface area contributed by atoms with Gasteiger partial charge < -0.3 is 0 Å². The van der Waals surface area contributed by atoms with Gasteiger partial charge in [0, 0.05) is 0 Å². The molecule has 0 aliphatic heterocycles. The highest BCUT2D eigenvalue weighted by Gasteiger charge is 2.30. The van der Waals surface area contributed by atoms with Crippen LogP contribution in [-0.4, -0.2) is 0 Å². The van der Waals surface area contributed by atoms with E-state index in [0.717, 1.165) is 17.8 Å². The molecule has 144 valence electrons. The van der Waals surface area contributed by atoms with Crippen molar-refractivity contribution in [2.75, 3.05) is 0 Å². The number of allylic oxidation sites excluding steroid dienone is 2. The van der Waals surface area contributed by atoms with Crippen LogP contribution >= 0.6 is 0 Å². The van der Waals surface area contributed by atoms with Crippen LogP contribution in [0.1, 0.15) is 95.5 Å². The molecule has 2 unspecified atom stereocenters. The van der Waals surface area contributed by atoms with Gasteiger partial charge in [-0.3, -0.25) is 0 Å². The average Bonchev–Trinajstić information content (AvgIpc) is 2.69. The summed E-state index contributed by atoms with van der Waals surface area (Å²) in [6.07, 6.45) is 21.0. The van der Waals surface area contributed by atoms with Crippen molar-refractivity contribution in [3.63, 3.8) is 0 Å². The number of rotatable bonds is 8. The molecule has 2 aliphatic rings. The van der Waals surface area contributed by atoms with Gasteiger partial charge in [-0.25, -0.2) is 4.39 Å². The molecule has 3 rings (SSSR count). The molecule has 26 heavy (non-hydrogen) atoms. The lowest BCUT2D eigenvalue weighted by molar-refractivity contribution is 0.210. The molecule has 0 heterocycles. The van der Waals surface area contributed by atoms with Crippen molar-refractivity contribution in [3.05, 3.63) is 47.8 Å². The Labute approximate surface area is 160 Å². The summed E-state index contributed by atoms with van der Waals surface area (Å²) in [6.45, 7) is 2.30. The minimum atomic E-state index is -0.104. The molecule has 0 amide bonds. The molecule has 2 aliphatic carbocycles. The van der Waals surface area contributed by atoms with Crippen molar-refractivity contribution >= 4 is 0 Å². The van der Waals surface area contributed by atoms with E-state index in [-0.39, 0.29) is 5.82 Å². The highest BCUT2D eigenvalue weighted by molar-refractivity contribution is 5.22. The normalized spacial score (nSPS) is 27.4. The molecule has 1 aromatic carbocycles. The number of halogens is 1. The monoisotopic (exact) mass is 356 g/mol. The van der Waals surface area contributed by atoms with Gasteiger partial charge in [0.05, 0.1) is 0 Å². The van der Waals surface area contributed by atoms with Gasteiger partial charge in [0.1, 0.15) is 5.82 Å². The summed E-state index contributed by atoms with van der Waals surface area (Å²) in [6, 6.07) is 7.46. The molecule has 0 N–H and O–H groups in total. The molecule has 1 aromatic rings. The summed E-state index contributed by atoms with van der Waals surface area (Å²) >= 11 is 0. The highest BCUT2D eigenvalue weighted by Crippen LogP contribution is 2.44. The van der Waals surface area contributed by atoms with E-state index in [1.807, 2.05) is 0 Å². The van der Waals surface area contributed by atoms with Crippen molar-refractivity contribution in [1.29, 1.82) is 0 Å². The standard InChI is InChI=1S/C25H37F/c1-2-3-5-8-20-11-13-22(14-12-20)25(19-21-9-6-4-7-10-21)23-15-17-24(26)18-16-23/h4,6,15-18,20-22,25H,2-3,5,7-14,19H2,1H3. The summed E-state index contributed by atoms with van der Waals surface area (Å²) in [4.78, 5) is 0. The molecule has 0 spiro atoms. The van der Waals surface area contributed by atoms with E-state index < -0.39 is 0 Å². The van der Waals surface area contributed by atoms with Crippen molar-refractivity contribution in [2.45, 2.75) is 89.9 Å². The SMILES string of the molecule is CCCCCC1CCC(C(CC2CC=CCC2)c2ccc(F)cc2)CC1. The summed E-state index contributed by atoms with van der Waals surface area (Å²) in [5, 5.41) is 0. The summed E-state index contributed by atoms with van der Waals surface area (Å²) in [5.41, 5.74) is 1.38. The molecule has 0 saturated heterocycles. The van der Waals surface area contributed by atoms with E-state index >= 15 is 0 Å². The fraction of sp³-hybridized carbons (Fsp3) is 0.680. The van der Waals surface area contributed by atoms with Gasteiger partial charge in [-0.05, 0) is 79.9 Å². The molecule has 1 heteroatoms. The van der Waals surface area contributed by atoms with Crippen molar-refractivity contribution in [1.82, 2.24) is 0 Å². The third-order valence-electron chi connectivity index (χ3n) is 6.94. The first-order chi connectivity index (χ1) is 12.8. The van der Waals surface area contributed by atoms with Crippen molar-refractivity contribution in [3.8, 4) is 0 Å². The zero-order valence-electron chi connectivity index (χ0n) is 16.6. The van der Waals surface area contributed by atoms with Crippen LogP contribution in [0, 0.1) is 23.6 Å². The zero-order valence-corrected chi connectivity index (χ0v) is 16.6. The number of hydrogen-bond acceptors (Lipinski definition) is 0. The number of hydrogen-bond donors (Lipinski definition) is 0. The second kappa shape index (κ2) is 10.3. The van der Waals surface area contributed by atoms with Crippen LogP contribution in [0.2, 0.25) is 0 Å². The largest absolute Gasteiger partial charge is 0.207 e. The lowest BCUT2D eigenvalue weighted by atomic mass is 9.69. The van der Waals surface area contributed by atoms with Gasteiger partial charge in [0.15, 0.2) is 0 Å². The van der Waals surface area contributed by atoms with Crippen LogP contribution in [0.4, 0.5) is 4.39 Å². The molecule has 0 nitrogen and oxygen atoms in total. The van der Waals surface area contributed by atoms with Crippen LogP contribution in [0.25, 0.3) is 0 Å². The maximum atomic E-state index is 13.4. The van der Waals surface area contributed by atoms with Gasteiger partial charge >= 0.3 is 0 Å². The Bertz CT molecular complexity index is 536. The number of benzene rings is 1. The first-order valence-corrected chi connectivity index (χ1v) is 11.2. The van der Waals surface area contributed by atoms with E-state index in [1.54, 1.807) is 12.1 Å². The Hall–Kier alpha value is -1.11. The van der Waals surface area contributed by atoms with Gasteiger partial charge in [0.2, 0.25) is 0 Å². The first kappa shape index (κ1) is 19.6. The van der Waals surface area contributed by atoms with E-state index in [9.17, 15) is 4.39 Å². The molecular weight excluding hydrogens is 319 g/mol. The third-order valence-corrected chi connectivity index (χ3v) is 6.94. The Morgan fingerprint density at radius 1 is 0.923 bits per heavy atom. The second-order valence-electron chi connectivity index (χ2n) is 8.82. The van der Waals surface area contributed by atoms with Crippen LogP contribution in [0.5, 0.6) is 0 Å². The molecule has 1 fully saturated rings. The van der Waals surface area contributed by atoms with E-state index in [2.05, 4.69) is 31.2 Å². The molecule has 0 aromatic heterocycles. The number of unbranched alkanes of at least 4 members (excludes halogenated alkanes) is 2. The fourth-order valence-electron chi connectivity index (χ4n) is 5.30. The highest BCUT2D eigenvalue weighted by atomic mass is 19.1. The predicted molar refractivity (Wildman–Crippen MR) is 110 cm³/mol. The molecular formula is C25H37F. The lowest BCUT2D eigenvalue weighted by Crippen LogP contribution is -2.23. The Kier molecular flexibility index (Phi) is 7.77. The van der Waals surface area contributed by atoms with E-state index in [0.29, 0.717) is 5.92 Å². The van der Waals surface area contributed by atoms with Gasteiger partial charge in [-0.1, -0.05) is 69.7 Å². The summed E-state index contributed by atoms with van der Waals surface area (Å²) < 4.78 is 13.4. The van der Waals surface area contributed by atoms with Gasteiger partial charge in [0.25, 0.3) is 0 Å². The summed E-state index contributed by atoms with van der Waals surface area (Å²) in [7, 11) is 0. The van der Waals surface area contributed by atoms with E-state index in [1.165, 1.54) is 82.6 Å². The van der Waals surface area contributed by atoms with Gasteiger partial charge in [-0.15, -0.1) is 0 Å².